The molecule has 2 aromatic rings. The summed E-state index contributed by atoms with van der Waals surface area (Å²) >= 11 is 0. The fraction of sp³-hybridized carbons (Fsp3) is 0.538. The molecule has 0 unspecified atom stereocenters. The van der Waals surface area contributed by atoms with Crippen molar-refractivity contribution in [1.29, 1.82) is 0 Å². The molecule has 1 fully saturated rings. The van der Waals surface area contributed by atoms with E-state index in [1.165, 1.54) is 0 Å². The van der Waals surface area contributed by atoms with E-state index < -0.39 is 0 Å². The van der Waals surface area contributed by atoms with Gasteiger partial charge in [0.25, 0.3) is 0 Å². The predicted molar refractivity (Wildman–Crippen MR) is 78.9 cm³/mol. The van der Waals surface area contributed by atoms with Crippen LogP contribution in [0.1, 0.15) is 12.7 Å². The molecular formula is C13H19N7O. The van der Waals surface area contributed by atoms with Gasteiger partial charge in [0.1, 0.15) is 5.82 Å². The highest BCUT2D eigenvalue weighted by Crippen LogP contribution is 2.15. The molecule has 0 radical (unpaired) electrons. The Morgan fingerprint density at radius 1 is 1.19 bits per heavy atom. The van der Waals surface area contributed by atoms with Crippen molar-refractivity contribution in [3.8, 4) is 5.95 Å². The summed E-state index contributed by atoms with van der Waals surface area (Å²) < 4.78 is 7.23. The summed E-state index contributed by atoms with van der Waals surface area (Å²) in [5.74, 6) is 2.68. The maximum Gasteiger partial charge on any atom is 0.241 e. The molecule has 0 aromatic carbocycles. The molecule has 3 rings (SSSR count). The van der Waals surface area contributed by atoms with Crippen LogP contribution >= 0.6 is 0 Å². The van der Waals surface area contributed by atoms with Gasteiger partial charge in [-0.1, -0.05) is 0 Å². The number of nitrogens with one attached hydrogen (secondary N) is 1. The van der Waals surface area contributed by atoms with Crippen LogP contribution in [0.3, 0.4) is 0 Å². The largest absolute Gasteiger partial charge is 0.378 e. The van der Waals surface area contributed by atoms with E-state index >= 15 is 0 Å². The Hall–Kier alpha value is -2.22. The minimum absolute atomic E-state index is 0.581. The van der Waals surface area contributed by atoms with Crippen LogP contribution in [0, 0.1) is 6.92 Å². The molecular weight excluding hydrogens is 270 g/mol. The molecule has 0 bridgehead atoms. The Morgan fingerprint density at radius 2 is 1.95 bits per heavy atom. The third-order valence-corrected chi connectivity index (χ3v) is 3.28. The third kappa shape index (κ3) is 2.94. The summed E-state index contributed by atoms with van der Waals surface area (Å²) in [6, 6.07) is 0. The van der Waals surface area contributed by atoms with Crippen molar-refractivity contribution in [3.05, 3.63) is 18.2 Å². The monoisotopic (exact) mass is 289 g/mol. The van der Waals surface area contributed by atoms with E-state index in [9.17, 15) is 0 Å². The Morgan fingerprint density at radius 3 is 2.62 bits per heavy atom. The lowest BCUT2D eigenvalue weighted by atomic mass is 10.4. The molecule has 1 aliphatic rings. The van der Waals surface area contributed by atoms with Crippen molar-refractivity contribution in [3.63, 3.8) is 0 Å². The summed E-state index contributed by atoms with van der Waals surface area (Å²) in [7, 11) is 0. The average molecular weight is 289 g/mol. The van der Waals surface area contributed by atoms with Crippen LogP contribution < -0.4 is 10.2 Å². The number of aryl methyl sites for hydroxylation is 1. The van der Waals surface area contributed by atoms with Gasteiger partial charge in [-0.2, -0.15) is 15.0 Å². The lowest BCUT2D eigenvalue weighted by Crippen LogP contribution is -2.37. The number of rotatable bonds is 4. The van der Waals surface area contributed by atoms with Crippen molar-refractivity contribution in [2.24, 2.45) is 0 Å². The minimum atomic E-state index is 0.581. The first kappa shape index (κ1) is 13.7. The molecule has 1 saturated heterocycles. The van der Waals surface area contributed by atoms with Gasteiger partial charge in [0, 0.05) is 32.0 Å². The lowest BCUT2D eigenvalue weighted by Gasteiger charge is -2.27. The number of hydrogen-bond acceptors (Lipinski definition) is 7. The highest BCUT2D eigenvalue weighted by Gasteiger charge is 2.17. The molecule has 0 spiro atoms. The maximum absolute atomic E-state index is 5.38. The predicted octanol–water partition coefficient (Wildman–Crippen LogP) is 0.634. The topological polar surface area (TPSA) is 81.0 Å². The number of anilines is 2. The number of aromatic nitrogens is 5. The Bertz CT molecular complexity index is 606. The lowest BCUT2D eigenvalue weighted by molar-refractivity contribution is 0.122. The van der Waals surface area contributed by atoms with E-state index in [2.05, 4.69) is 30.2 Å². The van der Waals surface area contributed by atoms with Crippen molar-refractivity contribution in [2.45, 2.75) is 13.8 Å². The number of imidazole rings is 1. The second kappa shape index (κ2) is 6.04. The zero-order valence-corrected chi connectivity index (χ0v) is 12.3. The first-order chi connectivity index (χ1) is 10.3. The van der Waals surface area contributed by atoms with E-state index in [4.69, 9.17) is 4.74 Å². The van der Waals surface area contributed by atoms with Gasteiger partial charge in [-0.25, -0.2) is 4.98 Å². The van der Waals surface area contributed by atoms with Gasteiger partial charge in [0.2, 0.25) is 17.8 Å². The van der Waals surface area contributed by atoms with Crippen molar-refractivity contribution in [1.82, 2.24) is 24.5 Å². The normalized spacial score (nSPS) is 15.2. The highest BCUT2D eigenvalue weighted by atomic mass is 16.5. The van der Waals surface area contributed by atoms with Crippen molar-refractivity contribution >= 4 is 11.9 Å². The molecule has 1 N–H and O–H groups in total. The molecule has 3 heterocycles. The van der Waals surface area contributed by atoms with E-state index in [0.29, 0.717) is 31.1 Å². The third-order valence-electron chi connectivity index (χ3n) is 3.28. The Kier molecular flexibility index (Phi) is 3.96. The zero-order valence-electron chi connectivity index (χ0n) is 12.3. The number of hydrogen-bond donors (Lipinski definition) is 1. The van der Waals surface area contributed by atoms with Crippen LogP contribution in [0.15, 0.2) is 12.4 Å². The van der Waals surface area contributed by atoms with Gasteiger partial charge in [0.15, 0.2) is 0 Å². The SMILES string of the molecule is CCNc1nc(N2CCOCC2)nc(-n2ccnc2C)n1. The van der Waals surface area contributed by atoms with E-state index in [1.54, 1.807) is 6.20 Å². The van der Waals surface area contributed by atoms with Crippen molar-refractivity contribution < 1.29 is 4.74 Å². The van der Waals surface area contributed by atoms with Crippen LogP contribution in [-0.4, -0.2) is 57.4 Å². The van der Waals surface area contributed by atoms with Gasteiger partial charge < -0.3 is 15.0 Å². The van der Waals surface area contributed by atoms with Crippen LogP contribution in [0.2, 0.25) is 0 Å². The number of morpholine rings is 1. The summed E-state index contributed by atoms with van der Waals surface area (Å²) in [5, 5.41) is 3.15. The number of ether oxygens (including phenoxy) is 1. The van der Waals surface area contributed by atoms with Crippen LogP contribution in [0.5, 0.6) is 0 Å². The average Bonchev–Trinajstić information content (AvgIpc) is 2.94. The maximum atomic E-state index is 5.38. The van der Waals surface area contributed by atoms with Crippen LogP contribution in [0.4, 0.5) is 11.9 Å². The first-order valence-corrected chi connectivity index (χ1v) is 7.11. The second-order valence-electron chi connectivity index (χ2n) is 4.73. The molecule has 21 heavy (non-hydrogen) atoms. The van der Waals surface area contributed by atoms with E-state index in [-0.39, 0.29) is 0 Å². The van der Waals surface area contributed by atoms with Crippen LogP contribution in [0.25, 0.3) is 5.95 Å². The summed E-state index contributed by atoms with van der Waals surface area (Å²) in [4.78, 5) is 19.8. The minimum Gasteiger partial charge on any atom is -0.378 e. The Labute approximate surface area is 123 Å². The molecule has 0 amide bonds. The summed E-state index contributed by atoms with van der Waals surface area (Å²) in [6.45, 7) is 7.67. The fourth-order valence-electron chi connectivity index (χ4n) is 2.19. The molecule has 2 aromatic heterocycles. The zero-order chi connectivity index (χ0) is 14.7. The number of nitrogens with zero attached hydrogens (tertiary/aromatic N) is 6. The molecule has 1 aliphatic heterocycles. The Balaban J connectivity index is 1.99. The first-order valence-electron chi connectivity index (χ1n) is 7.11. The van der Waals surface area contributed by atoms with Gasteiger partial charge in [-0.05, 0) is 13.8 Å². The molecule has 8 nitrogen and oxygen atoms in total. The van der Waals surface area contributed by atoms with Gasteiger partial charge >= 0.3 is 0 Å². The van der Waals surface area contributed by atoms with Crippen LogP contribution in [-0.2, 0) is 4.74 Å². The summed E-state index contributed by atoms with van der Waals surface area (Å²) in [6.07, 6.45) is 3.59. The quantitative estimate of drug-likeness (QED) is 0.884. The second-order valence-corrected chi connectivity index (χ2v) is 4.73. The summed E-state index contributed by atoms with van der Waals surface area (Å²) in [5.41, 5.74) is 0. The standard InChI is InChI=1S/C13H19N7O/c1-3-14-11-16-12(19-6-8-21-9-7-19)18-13(17-11)20-5-4-15-10(20)2/h4-5H,3,6-9H2,1-2H3,(H,14,16,17,18). The van der Waals surface area contributed by atoms with Gasteiger partial charge in [-0.3, -0.25) is 4.57 Å². The molecule has 0 aliphatic carbocycles. The molecule has 0 atom stereocenters. The highest BCUT2D eigenvalue weighted by molar-refractivity contribution is 5.40. The van der Waals surface area contributed by atoms with E-state index in [0.717, 1.165) is 25.5 Å². The smallest absolute Gasteiger partial charge is 0.241 e. The molecule has 112 valence electrons. The fourth-order valence-corrected chi connectivity index (χ4v) is 2.19. The molecule has 0 saturated carbocycles. The van der Waals surface area contributed by atoms with E-state index in [1.807, 2.05) is 24.6 Å². The molecule has 8 heteroatoms. The van der Waals surface area contributed by atoms with Gasteiger partial charge in [-0.15, -0.1) is 0 Å². The van der Waals surface area contributed by atoms with Gasteiger partial charge in [0.05, 0.1) is 13.2 Å². The van der Waals surface area contributed by atoms with Crippen molar-refractivity contribution in [2.75, 3.05) is 43.1 Å².